The van der Waals surface area contributed by atoms with Crippen molar-refractivity contribution in [2.24, 2.45) is 0 Å². The van der Waals surface area contributed by atoms with Gasteiger partial charge in [0.1, 0.15) is 5.75 Å². The average molecular weight is 267 g/mol. The molecule has 0 aliphatic rings. The van der Waals surface area contributed by atoms with E-state index in [0.717, 1.165) is 25.3 Å². The molecular formula is C18H21NO. The van der Waals surface area contributed by atoms with Crippen molar-refractivity contribution in [2.75, 3.05) is 18.6 Å². The van der Waals surface area contributed by atoms with Gasteiger partial charge in [0.25, 0.3) is 0 Å². The summed E-state index contributed by atoms with van der Waals surface area (Å²) in [4.78, 5) is 2.36. The van der Waals surface area contributed by atoms with Gasteiger partial charge in [0.2, 0.25) is 0 Å². The number of benzene rings is 2. The molecule has 0 aliphatic heterocycles. The van der Waals surface area contributed by atoms with Gasteiger partial charge in [-0.15, -0.1) is 6.58 Å². The zero-order valence-corrected chi connectivity index (χ0v) is 12.0. The van der Waals surface area contributed by atoms with Gasteiger partial charge >= 0.3 is 0 Å². The summed E-state index contributed by atoms with van der Waals surface area (Å²) in [6, 6.07) is 18.7. The number of nitrogens with zero attached hydrogens (tertiary/aromatic N) is 1. The van der Waals surface area contributed by atoms with E-state index in [1.807, 2.05) is 24.3 Å². The monoisotopic (exact) mass is 267 g/mol. The molecule has 0 heterocycles. The molecule has 20 heavy (non-hydrogen) atoms. The first-order valence-corrected chi connectivity index (χ1v) is 6.87. The maximum Gasteiger partial charge on any atom is 0.119 e. The van der Waals surface area contributed by atoms with Gasteiger partial charge in [0, 0.05) is 18.8 Å². The second kappa shape index (κ2) is 7.39. The van der Waals surface area contributed by atoms with Crippen LogP contribution in [0.15, 0.2) is 67.3 Å². The molecule has 0 aromatic heterocycles. The van der Waals surface area contributed by atoms with Crippen LogP contribution in [-0.4, -0.2) is 13.7 Å². The lowest BCUT2D eigenvalue weighted by atomic mass is 10.2. The van der Waals surface area contributed by atoms with E-state index in [2.05, 4.69) is 47.9 Å². The molecule has 2 aromatic carbocycles. The van der Waals surface area contributed by atoms with Gasteiger partial charge in [0.05, 0.1) is 7.11 Å². The molecule has 2 nitrogen and oxygen atoms in total. The van der Waals surface area contributed by atoms with Gasteiger partial charge in [-0.1, -0.05) is 36.4 Å². The van der Waals surface area contributed by atoms with E-state index in [4.69, 9.17) is 4.74 Å². The van der Waals surface area contributed by atoms with Crippen molar-refractivity contribution in [1.29, 1.82) is 0 Å². The Morgan fingerprint density at radius 3 is 2.35 bits per heavy atom. The zero-order chi connectivity index (χ0) is 14.2. The third kappa shape index (κ3) is 3.89. The predicted octanol–water partition coefficient (Wildman–Crippen LogP) is 4.28. The van der Waals surface area contributed by atoms with Gasteiger partial charge in [-0.05, 0) is 36.2 Å². The first-order chi connectivity index (χ1) is 9.83. The molecule has 2 aromatic rings. The number of methoxy groups -OCH3 is 1. The van der Waals surface area contributed by atoms with Gasteiger partial charge in [-0.25, -0.2) is 0 Å². The molecule has 2 heteroatoms. The largest absolute Gasteiger partial charge is 0.497 e. The number of ether oxygens (including phenoxy) is 1. The van der Waals surface area contributed by atoms with Crippen LogP contribution in [0.4, 0.5) is 5.69 Å². The molecule has 0 atom stereocenters. The van der Waals surface area contributed by atoms with Crippen LogP contribution in [0.2, 0.25) is 0 Å². The Balaban J connectivity index is 2.15. The second-order valence-corrected chi connectivity index (χ2v) is 4.68. The van der Waals surface area contributed by atoms with Gasteiger partial charge in [-0.2, -0.15) is 0 Å². The Bertz CT molecular complexity index is 519. The fourth-order valence-electron chi connectivity index (χ4n) is 2.14. The normalized spacial score (nSPS) is 10.1. The first-order valence-electron chi connectivity index (χ1n) is 6.87. The molecule has 2 rings (SSSR count). The summed E-state index contributed by atoms with van der Waals surface area (Å²) in [6.45, 7) is 5.68. The Morgan fingerprint density at radius 1 is 1.05 bits per heavy atom. The molecule has 0 saturated heterocycles. The molecule has 0 bridgehead atoms. The smallest absolute Gasteiger partial charge is 0.119 e. The summed E-state index contributed by atoms with van der Waals surface area (Å²) in [5.74, 6) is 0.886. The molecule has 0 amide bonds. The minimum atomic E-state index is 0.886. The fourth-order valence-corrected chi connectivity index (χ4v) is 2.14. The molecule has 0 N–H and O–H groups in total. The maximum atomic E-state index is 5.21. The van der Waals surface area contributed by atoms with Gasteiger partial charge in [0.15, 0.2) is 0 Å². The molecule has 0 fully saturated rings. The molecular weight excluding hydrogens is 246 g/mol. The number of hydrogen-bond acceptors (Lipinski definition) is 2. The lowest BCUT2D eigenvalue weighted by molar-refractivity contribution is 0.415. The molecule has 0 saturated carbocycles. The summed E-state index contributed by atoms with van der Waals surface area (Å²) >= 11 is 0. The highest BCUT2D eigenvalue weighted by Gasteiger charge is 2.06. The predicted molar refractivity (Wildman–Crippen MR) is 85.3 cm³/mol. The molecule has 0 spiro atoms. The summed E-state index contributed by atoms with van der Waals surface area (Å²) < 4.78 is 5.21. The molecule has 0 aliphatic carbocycles. The standard InChI is InChI=1S/C18H21NO/c1-3-4-14-19(15-16-8-6-5-7-9-16)17-10-12-18(20-2)13-11-17/h3,5-13H,1,4,14-15H2,2H3. The summed E-state index contributed by atoms with van der Waals surface area (Å²) in [6.07, 6.45) is 2.93. The van der Waals surface area contributed by atoms with Crippen LogP contribution >= 0.6 is 0 Å². The van der Waals surface area contributed by atoms with E-state index < -0.39 is 0 Å². The van der Waals surface area contributed by atoms with E-state index in [1.54, 1.807) is 7.11 Å². The Hall–Kier alpha value is -2.22. The average Bonchev–Trinajstić information content (AvgIpc) is 2.52. The van der Waals surface area contributed by atoms with Gasteiger partial charge in [-0.3, -0.25) is 0 Å². The van der Waals surface area contributed by atoms with E-state index in [0.29, 0.717) is 0 Å². The fraction of sp³-hybridized carbons (Fsp3) is 0.222. The first kappa shape index (κ1) is 14.2. The summed E-state index contributed by atoms with van der Waals surface area (Å²) in [5.41, 5.74) is 2.52. The number of hydrogen-bond donors (Lipinski definition) is 0. The molecule has 0 radical (unpaired) electrons. The molecule has 104 valence electrons. The van der Waals surface area contributed by atoms with Crippen LogP contribution < -0.4 is 9.64 Å². The van der Waals surface area contributed by atoms with Crippen LogP contribution in [0.5, 0.6) is 5.75 Å². The van der Waals surface area contributed by atoms with E-state index in [-0.39, 0.29) is 0 Å². The van der Waals surface area contributed by atoms with E-state index in [1.165, 1.54) is 11.3 Å². The van der Waals surface area contributed by atoms with Crippen molar-refractivity contribution in [3.8, 4) is 5.75 Å². The van der Waals surface area contributed by atoms with Crippen LogP contribution in [0.1, 0.15) is 12.0 Å². The molecule has 0 unspecified atom stereocenters. The lowest BCUT2D eigenvalue weighted by Gasteiger charge is -2.24. The van der Waals surface area contributed by atoms with Gasteiger partial charge < -0.3 is 9.64 Å². The van der Waals surface area contributed by atoms with Crippen molar-refractivity contribution in [3.05, 3.63) is 72.8 Å². The Morgan fingerprint density at radius 2 is 1.75 bits per heavy atom. The van der Waals surface area contributed by atoms with Crippen LogP contribution in [0.3, 0.4) is 0 Å². The van der Waals surface area contributed by atoms with Crippen LogP contribution in [-0.2, 0) is 6.54 Å². The topological polar surface area (TPSA) is 12.5 Å². The second-order valence-electron chi connectivity index (χ2n) is 4.68. The third-order valence-corrected chi connectivity index (χ3v) is 3.26. The highest BCUT2D eigenvalue weighted by atomic mass is 16.5. The SMILES string of the molecule is C=CCCN(Cc1ccccc1)c1ccc(OC)cc1. The quantitative estimate of drug-likeness (QED) is 0.694. The lowest BCUT2D eigenvalue weighted by Crippen LogP contribution is -2.23. The maximum absolute atomic E-state index is 5.21. The van der Waals surface area contributed by atoms with Crippen LogP contribution in [0.25, 0.3) is 0 Å². The minimum Gasteiger partial charge on any atom is -0.497 e. The minimum absolute atomic E-state index is 0.886. The summed E-state index contributed by atoms with van der Waals surface area (Å²) in [7, 11) is 1.69. The van der Waals surface area contributed by atoms with E-state index in [9.17, 15) is 0 Å². The number of rotatable bonds is 7. The Labute approximate surface area is 121 Å². The summed E-state index contributed by atoms with van der Waals surface area (Å²) in [5, 5.41) is 0. The highest BCUT2D eigenvalue weighted by Crippen LogP contribution is 2.21. The van der Waals surface area contributed by atoms with Crippen LogP contribution in [0, 0.1) is 0 Å². The number of anilines is 1. The van der Waals surface area contributed by atoms with Crippen molar-refractivity contribution in [1.82, 2.24) is 0 Å². The highest BCUT2D eigenvalue weighted by molar-refractivity contribution is 5.49. The van der Waals surface area contributed by atoms with E-state index >= 15 is 0 Å². The van der Waals surface area contributed by atoms with Crippen molar-refractivity contribution in [2.45, 2.75) is 13.0 Å². The van der Waals surface area contributed by atoms with Crippen molar-refractivity contribution in [3.63, 3.8) is 0 Å². The van der Waals surface area contributed by atoms with Crippen molar-refractivity contribution >= 4 is 5.69 Å². The van der Waals surface area contributed by atoms with Crippen molar-refractivity contribution < 1.29 is 4.74 Å². The third-order valence-electron chi connectivity index (χ3n) is 3.26. The Kier molecular flexibility index (Phi) is 5.24. The zero-order valence-electron chi connectivity index (χ0n) is 12.0.